The standard InChI is InChI=1S/C12H19NO2/c1-9-7-11(14)12(15-3)8-10(9)5-4-6-13-2/h7-8,13-14H,4-6H2,1-3H3. The van der Waals surface area contributed by atoms with E-state index in [0.29, 0.717) is 5.75 Å². The maximum atomic E-state index is 9.55. The van der Waals surface area contributed by atoms with Gasteiger partial charge in [0.1, 0.15) is 0 Å². The van der Waals surface area contributed by atoms with E-state index in [1.165, 1.54) is 5.56 Å². The minimum Gasteiger partial charge on any atom is -0.504 e. The zero-order chi connectivity index (χ0) is 11.3. The van der Waals surface area contributed by atoms with Crippen molar-refractivity contribution in [2.24, 2.45) is 0 Å². The lowest BCUT2D eigenvalue weighted by atomic mass is 10.0. The van der Waals surface area contributed by atoms with E-state index in [1.807, 2.05) is 20.0 Å². The van der Waals surface area contributed by atoms with Crippen molar-refractivity contribution in [2.75, 3.05) is 20.7 Å². The molecule has 2 N–H and O–H groups in total. The molecule has 3 nitrogen and oxygen atoms in total. The third kappa shape index (κ3) is 3.13. The Bertz CT molecular complexity index is 324. The van der Waals surface area contributed by atoms with Gasteiger partial charge >= 0.3 is 0 Å². The number of phenolic OH excluding ortho intramolecular Hbond substituents is 1. The Morgan fingerprint density at radius 3 is 2.73 bits per heavy atom. The smallest absolute Gasteiger partial charge is 0.160 e. The zero-order valence-electron chi connectivity index (χ0n) is 9.63. The molecule has 84 valence electrons. The number of methoxy groups -OCH3 is 1. The molecule has 0 aliphatic carbocycles. The molecule has 3 heteroatoms. The van der Waals surface area contributed by atoms with Gasteiger partial charge < -0.3 is 15.2 Å². The van der Waals surface area contributed by atoms with E-state index < -0.39 is 0 Å². The molecule has 0 aliphatic heterocycles. The number of phenols is 1. The van der Waals surface area contributed by atoms with Gasteiger partial charge in [-0.2, -0.15) is 0 Å². The first kappa shape index (κ1) is 11.9. The molecule has 0 heterocycles. The van der Waals surface area contributed by atoms with Crippen LogP contribution in [-0.4, -0.2) is 25.8 Å². The van der Waals surface area contributed by atoms with Gasteiger partial charge in [0.2, 0.25) is 0 Å². The van der Waals surface area contributed by atoms with Gasteiger partial charge in [-0.25, -0.2) is 0 Å². The third-order valence-corrected chi connectivity index (χ3v) is 2.51. The van der Waals surface area contributed by atoms with Crippen molar-refractivity contribution in [1.82, 2.24) is 5.32 Å². The molecule has 0 saturated heterocycles. The van der Waals surface area contributed by atoms with Crippen LogP contribution in [0.4, 0.5) is 0 Å². The van der Waals surface area contributed by atoms with Crippen molar-refractivity contribution in [3.8, 4) is 11.5 Å². The van der Waals surface area contributed by atoms with Crippen molar-refractivity contribution >= 4 is 0 Å². The Kier molecular flexibility index (Phi) is 4.43. The normalized spacial score (nSPS) is 10.3. The minimum atomic E-state index is 0.215. The summed E-state index contributed by atoms with van der Waals surface area (Å²) in [5.41, 5.74) is 2.35. The summed E-state index contributed by atoms with van der Waals surface area (Å²) >= 11 is 0. The minimum absolute atomic E-state index is 0.215. The summed E-state index contributed by atoms with van der Waals surface area (Å²) in [7, 11) is 3.52. The lowest BCUT2D eigenvalue weighted by Gasteiger charge is -2.10. The number of hydrogen-bond acceptors (Lipinski definition) is 3. The highest BCUT2D eigenvalue weighted by atomic mass is 16.5. The van der Waals surface area contributed by atoms with Crippen LogP contribution < -0.4 is 10.1 Å². The van der Waals surface area contributed by atoms with E-state index in [9.17, 15) is 5.11 Å². The summed E-state index contributed by atoms with van der Waals surface area (Å²) in [4.78, 5) is 0. The lowest BCUT2D eigenvalue weighted by molar-refractivity contribution is 0.372. The van der Waals surface area contributed by atoms with Gasteiger partial charge in [0.15, 0.2) is 11.5 Å². The summed E-state index contributed by atoms with van der Waals surface area (Å²) in [5, 5.41) is 12.7. The Balaban J connectivity index is 2.78. The Hall–Kier alpha value is -1.22. The van der Waals surface area contributed by atoms with Crippen LogP contribution in [-0.2, 0) is 6.42 Å². The summed E-state index contributed by atoms with van der Waals surface area (Å²) in [6, 6.07) is 3.67. The molecule has 1 aromatic carbocycles. The van der Waals surface area contributed by atoms with Crippen LogP contribution in [0.2, 0.25) is 0 Å². The molecule has 1 aromatic rings. The summed E-state index contributed by atoms with van der Waals surface area (Å²) in [6.07, 6.45) is 2.09. The number of aromatic hydroxyl groups is 1. The van der Waals surface area contributed by atoms with Crippen molar-refractivity contribution < 1.29 is 9.84 Å². The van der Waals surface area contributed by atoms with Crippen LogP contribution in [0.25, 0.3) is 0 Å². The predicted octanol–water partition coefficient (Wildman–Crippen LogP) is 1.86. The fourth-order valence-corrected chi connectivity index (χ4v) is 1.60. The van der Waals surface area contributed by atoms with Crippen molar-refractivity contribution in [1.29, 1.82) is 0 Å². The maximum absolute atomic E-state index is 9.55. The first-order valence-corrected chi connectivity index (χ1v) is 5.20. The molecular weight excluding hydrogens is 190 g/mol. The highest BCUT2D eigenvalue weighted by molar-refractivity contribution is 5.46. The zero-order valence-corrected chi connectivity index (χ0v) is 9.63. The predicted molar refractivity (Wildman–Crippen MR) is 61.6 cm³/mol. The average molecular weight is 209 g/mol. The molecule has 0 radical (unpaired) electrons. The molecular formula is C12H19NO2. The van der Waals surface area contributed by atoms with E-state index in [4.69, 9.17) is 4.74 Å². The number of benzene rings is 1. The fraction of sp³-hybridized carbons (Fsp3) is 0.500. The maximum Gasteiger partial charge on any atom is 0.160 e. The van der Waals surface area contributed by atoms with E-state index in [0.717, 1.165) is 24.9 Å². The second kappa shape index (κ2) is 5.61. The number of aryl methyl sites for hydroxylation is 2. The first-order valence-electron chi connectivity index (χ1n) is 5.20. The number of rotatable bonds is 5. The van der Waals surface area contributed by atoms with Crippen LogP contribution in [0, 0.1) is 6.92 Å². The number of nitrogens with one attached hydrogen (secondary N) is 1. The summed E-state index contributed by atoms with van der Waals surface area (Å²) in [5.74, 6) is 0.771. The van der Waals surface area contributed by atoms with Gasteiger partial charge in [-0.15, -0.1) is 0 Å². The quantitative estimate of drug-likeness (QED) is 0.727. The molecule has 0 spiro atoms. The van der Waals surface area contributed by atoms with Gasteiger partial charge in [-0.3, -0.25) is 0 Å². The van der Waals surface area contributed by atoms with Gasteiger partial charge in [0.05, 0.1) is 7.11 Å². The molecule has 0 unspecified atom stereocenters. The monoisotopic (exact) mass is 209 g/mol. The van der Waals surface area contributed by atoms with E-state index >= 15 is 0 Å². The lowest BCUT2D eigenvalue weighted by Crippen LogP contribution is -2.08. The molecule has 0 aliphatic rings. The second-order valence-corrected chi connectivity index (χ2v) is 3.66. The number of ether oxygens (including phenoxy) is 1. The molecule has 0 bridgehead atoms. The van der Waals surface area contributed by atoms with E-state index in [-0.39, 0.29) is 5.75 Å². The molecule has 0 aromatic heterocycles. The number of hydrogen-bond donors (Lipinski definition) is 2. The largest absolute Gasteiger partial charge is 0.504 e. The Labute approximate surface area is 91.1 Å². The molecule has 1 rings (SSSR count). The first-order chi connectivity index (χ1) is 7.19. The highest BCUT2D eigenvalue weighted by Gasteiger charge is 2.06. The SMILES string of the molecule is CNCCCc1cc(OC)c(O)cc1C. The third-order valence-electron chi connectivity index (χ3n) is 2.51. The summed E-state index contributed by atoms with van der Waals surface area (Å²) in [6.45, 7) is 3.01. The van der Waals surface area contributed by atoms with Crippen LogP contribution in [0.15, 0.2) is 12.1 Å². The van der Waals surface area contributed by atoms with Crippen molar-refractivity contribution in [3.63, 3.8) is 0 Å². The molecule has 15 heavy (non-hydrogen) atoms. The van der Waals surface area contributed by atoms with Crippen LogP contribution in [0.3, 0.4) is 0 Å². The van der Waals surface area contributed by atoms with Gasteiger partial charge in [-0.1, -0.05) is 0 Å². The van der Waals surface area contributed by atoms with E-state index in [2.05, 4.69) is 5.32 Å². The topological polar surface area (TPSA) is 41.5 Å². The molecule has 0 amide bonds. The molecule has 0 fully saturated rings. The van der Waals surface area contributed by atoms with Gasteiger partial charge in [0.25, 0.3) is 0 Å². The Morgan fingerprint density at radius 1 is 1.40 bits per heavy atom. The second-order valence-electron chi connectivity index (χ2n) is 3.66. The highest BCUT2D eigenvalue weighted by Crippen LogP contribution is 2.29. The molecule has 0 atom stereocenters. The van der Waals surface area contributed by atoms with Crippen molar-refractivity contribution in [2.45, 2.75) is 19.8 Å². The van der Waals surface area contributed by atoms with E-state index in [1.54, 1.807) is 13.2 Å². The van der Waals surface area contributed by atoms with Crippen LogP contribution in [0.1, 0.15) is 17.5 Å². The average Bonchev–Trinajstić information content (AvgIpc) is 2.21. The Morgan fingerprint density at radius 2 is 2.13 bits per heavy atom. The molecule has 0 saturated carbocycles. The van der Waals surface area contributed by atoms with Gasteiger partial charge in [-0.05, 0) is 56.6 Å². The summed E-state index contributed by atoms with van der Waals surface area (Å²) < 4.78 is 5.08. The van der Waals surface area contributed by atoms with Crippen LogP contribution in [0.5, 0.6) is 11.5 Å². The fourth-order valence-electron chi connectivity index (χ4n) is 1.60. The van der Waals surface area contributed by atoms with Crippen LogP contribution >= 0.6 is 0 Å². The van der Waals surface area contributed by atoms with Crippen molar-refractivity contribution in [3.05, 3.63) is 23.3 Å². The van der Waals surface area contributed by atoms with Gasteiger partial charge in [0, 0.05) is 0 Å².